The van der Waals surface area contributed by atoms with Gasteiger partial charge in [-0.25, -0.2) is 0 Å². The van der Waals surface area contributed by atoms with E-state index in [-0.39, 0.29) is 13.2 Å². The lowest BCUT2D eigenvalue weighted by Crippen LogP contribution is -2.23. The number of aliphatic hydroxyl groups excluding tert-OH is 2. The van der Waals surface area contributed by atoms with Crippen LogP contribution in [0.1, 0.15) is 19.3 Å². The van der Waals surface area contributed by atoms with Crippen LogP contribution in [0.25, 0.3) is 0 Å². The van der Waals surface area contributed by atoms with E-state index in [0.29, 0.717) is 17.8 Å². The van der Waals surface area contributed by atoms with E-state index >= 15 is 0 Å². The van der Waals surface area contributed by atoms with Crippen LogP contribution in [-0.4, -0.2) is 23.4 Å². The van der Waals surface area contributed by atoms with E-state index in [0.717, 1.165) is 25.2 Å². The third-order valence-electron chi connectivity index (χ3n) is 3.83. The molecule has 0 radical (unpaired) electrons. The van der Waals surface area contributed by atoms with Gasteiger partial charge >= 0.3 is 0 Å². The van der Waals surface area contributed by atoms with Gasteiger partial charge in [0.1, 0.15) is 0 Å². The van der Waals surface area contributed by atoms with Gasteiger partial charge in [-0.2, -0.15) is 0 Å². The van der Waals surface area contributed by atoms with Crippen molar-refractivity contribution in [1.82, 2.24) is 0 Å². The van der Waals surface area contributed by atoms with Crippen LogP contribution in [-0.2, 0) is 0 Å². The highest BCUT2D eigenvalue weighted by Crippen LogP contribution is 2.46. The van der Waals surface area contributed by atoms with Crippen molar-refractivity contribution in [2.45, 2.75) is 19.3 Å². The minimum Gasteiger partial charge on any atom is -0.396 e. The van der Waals surface area contributed by atoms with Gasteiger partial charge in [0.2, 0.25) is 0 Å². The Kier molecular flexibility index (Phi) is 2.70. The SMILES string of the molecule is OCC1CC2CC=CCC2C1CO. The van der Waals surface area contributed by atoms with Crippen molar-refractivity contribution in [3.8, 4) is 0 Å². The topological polar surface area (TPSA) is 40.5 Å². The molecule has 2 nitrogen and oxygen atoms in total. The second-order valence-electron chi connectivity index (χ2n) is 4.39. The van der Waals surface area contributed by atoms with Crippen LogP contribution >= 0.6 is 0 Å². The van der Waals surface area contributed by atoms with Gasteiger partial charge < -0.3 is 10.2 Å². The van der Waals surface area contributed by atoms with Crippen LogP contribution in [0, 0.1) is 23.7 Å². The zero-order valence-electron chi connectivity index (χ0n) is 7.89. The lowest BCUT2D eigenvalue weighted by atomic mass is 9.81. The van der Waals surface area contributed by atoms with E-state index in [2.05, 4.69) is 12.2 Å². The van der Waals surface area contributed by atoms with Gasteiger partial charge in [-0.1, -0.05) is 12.2 Å². The molecular formula is C11H18O2. The Bertz CT molecular complexity index is 200. The summed E-state index contributed by atoms with van der Waals surface area (Å²) in [4.78, 5) is 0. The Morgan fingerprint density at radius 3 is 2.54 bits per heavy atom. The minimum atomic E-state index is 0.248. The summed E-state index contributed by atoms with van der Waals surface area (Å²) in [5.74, 6) is 2.05. The van der Waals surface area contributed by atoms with E-state index < -0.39 is 0 Å². The van der Waals surface area contributed by atoms with Crippen LogP contribution in [0.2, 0.25) is 0 Å². The van der Waals surface area contributed by atoms with Crippen LogP contribution in [0.15, 0.2) is 12.2 Å². The fourth-order valence-corrected chi connectivity index (χ4v) is 3.09. The zero-order chi connectivity index (χ0) is 9.26. The van der Waals surface area contributed by atoms with Gasteiger partial charge in [-0.3, -0.25) is 0 Å². The van der Waals surface area contributed by atoms with E-state index in [1.54, 1.807) is 0 Å². The molecule has 0 heterocycles. The molecule has 0 amide bonds. The molecule has 2 N–H and O–H groups in total. The highest BCUT2D eigenvalue weighted by molar-refractivity contribution is 5.02. The number of allylic oxidation sites excluding steroid dienone is 2. The quantitative estimate of drug-likeness (QED) is 0.630. The lowest BCUT2D eigenvalue weighted by molar-refractivity contribution is 0.115. The first-order valence-corrected chi connectivity index (χ1v) is 5.23. The van der Waals surface area contributed by atoms with Gasteiger partial charge in [-0.15, -0.1) is 0 Å². The molecule has 0 aromatic rings. The molecule has 74 valence electrons. The molecule has 2 heteroatoms. The van der Waals surface area contributed by atoms with Crippen LogP contribution in [0.5, 0.6) is 0 Å². The maximum absolute atomic E-state index is 9.27. The van der Waals surface area contributed by atoms with Crippen molar-refractivity contribution < 1.29 is 10.2 Å². The fraction of sp³-hybridized carbons (Fsp3) is 0.818. The summed E-state index contributed by atoms with van der Waals surface area (Å²) in [7, 11) is 0. The Balaban J connectivity index is 2.09. The molecule has 2 rings (SSSR count). The maximum atomic E-state index is 9.27. The standard InChI is InChI=1S/C11H18O2/c12-6-9-5-8-3-1-2-4-10(8)11(9)7-13/h1-2,8-13H,3-7H2. The summed E-state index contributed by atoms with van der Waals surface area (Å²) in [6, 6.07) is 0. The summed E-state index contributed by atoms with van der Waals surface area (Å²) in [6.45, 7) is 0.498. The van der Waals surface area contributed by atoms with E-state index in [4.69, 9.17) is 0 Å². The fourth-order valence-electron chi connectivity index (χ4n) is 3.09. The van der Waals surface area contributed by atoms with E-state index in [1.165, 1.54) is 0 Å². The number of aliphatic hydroxyl groups is 2. The predicted octanol–water partition coefficient (Wildman–Crippen LogP) is 1.19. The second kappa shape index (κ2) is 3.81. The van der Waals surface area contributed by atoms with Gasteiger partial charge in [-0.05, 0) is 42.9 Å². The van der Waals surface area contributed by atoms with Crippen LogP contribution in [0.3, 0.4) is 0 Å². The molecule has 0 aromatic heterocycles. The average molecular weight is 182 g/mol. The largest absolute Gasteiger partial charge is 0.396 e. The first-order chi connectivity index (χ1) is 6.36. The van der Waals surface area contributed by atoms with Gasteiger partial charge in [0, 0.05) is 13.2 Å². The summed E-state index contributed by atoms with van der Waals surface area (Å²) in [5, 5.41) is 18.5. The third kappa shape index (κ3) is 1.53. The van der Waals surface area contributed by atoms with Crippen molar-refractivity contribution in [2.75, 3.05) is 13.2 Å². The molecule has 13 heavy (non-hydrogen) atoms. The highest BCUT2D eigenvalue weighted by Gasteiger charge is 2.41. The molecule has 1 saturated carbocycles. The summed E-state index contributed by atoms with van der Waals surface area (Å²) < 4.78 is 0. The Hall–Kier alpha value is -0.340. The van der Waals surface area contributed by atoms with Crippen molar-refractivity contribution in [2.24, 2.45) is 23.7 Å². The molecule has 0 spiro atoms. The van der Waals surface area contributed by atoms with Gasteiger partial charge in [0.25, 0.3) is 0 Å². The van der Waals surface area contributed by atoms with Crippen molar-refractivity contribution >= 4 is 0 Å². The summed E-state index contributed by atoms with van der Waals surface area (Å²) >= 11 is 0. The number of fused-ring (bicyclic) bond motifs is 1. The van der Waals surface area contributed by atoms with Crippen molar-refractivity contribution in [1.29, 1.82) is 0 Å². The number of hydrogen-bond donors (Lipinski definition) is 2. The van der Waals surface area contributed by atoms with Gasteiger partial charge in [0.15, 0.2) is 0 Å². The first kappa shape index (κ1) is 9.22. The Labute approximate surface area is 79.3 Å². The summed E-state index contributed by atoms with van der Waals surface area (Å²) in [6.07, 6.45) is 7.83. The highest BCUT2D eigenvalue weighted by atomic mass is 16.3. The zero-order valence-corrected chi connectivity index (χ0v) is 7.89. The van der Waals surface area contributed by atoms with Crippen LogP contribution in [0.4, 0.5) is 0 Å². The molecule has 0 aliphatic heterocycles. The Morgan fingerprint density at radius 2 is 1.85 bits per heavy atom. The lowest BCUT2D eigenvalue weighted by Gasteiger charge is -2.25. The number of rotatable bonds is 2. The predicted molar refractivity (Wildman–Crippen MR) is 51.1 cm³/mol. The smallest absolute Gasteiger partial charge is 0.0465 e. The van der Waals surface area contributed by atoms with Crippen molar-refractivity contribution in [3.63, 3.8) is 0 Å². The molecule has 0 saturated heterocycles. The molecule has 4 atom stereocenters. The molecule has 1 fully saturated rings. The first-order valence-electron chi connectivity index (χ1n) is 5.23. The molecule has 0 aromatic carbocycles. The monoisotopic (exact) mass is 182 g/mol. The van der Waals surface area contributed by atoms with Gasteiger partial charge in [0.05, 0.1) is 0 Å². The molecule has 2 aliphatic rings. The average Bonchev–Trinajstić information content (AvgIpc) is 2.55. The van der Waals surface area contributed by atoms with E-state index in [1.807, 2.05) is 0 Å². The summed E-state index contributed by atoms with van der Waals surface area (Å²) in [5.41, 5.74) is 0. The second-order valence-corrected chi connectivity index (χ2v) is 4.39. The molecular weight excluding hydrogens is 164 g/mol. The van der Waals surface area contributed by atoms with E-state index in [9.17, 15) is 10.2 Å². The van der Waals surface area contributed by atoms with Crippen LogP contribution < -0.4 is 0 Å². The molecule has 4 unspecified atom stereocenters. The normalized spacial score (nSPS) is 43.5. The minimum absolute atomic E-state index is 0.248. The number of hydrogen-bond acceptors (Lipinski definition) is 2. The Morgan fingerprint density at radius 1 is 1.08 bits per heavy atom. The molecule has 2 aliphatic carbocycles. The maximum Gasteiger partial charge on any atom is 0.0465 e. The third-order valence-corrected chi connectivity index (χ3v) is 3.83. The van der Waals surface area contributed by atoms with Crippen molar-refractivity contribution in [3.05, 3.63) is 12.2 Å². The molecule has 0 bridgehead atoms.